The fraction of sp³-hybridized carbons (Fsp3) is 0.583. The van der Waals surface area contributed by atoms with Crippen molar-refractivity contribution < 1.29 is 14.3 Å². The van der Waals surface area contributed by atoms with Gasteiger partial charge in [0, 0.05) is 44.7 Å². The quantitative estimate of drug-likeness (QED) is 0.709. The third-order valence-electron chi connectivity index (χ3n) is 6.34. The monoisotopic (exact) mass is 398 g/mol. The Bertz CT molecular complexity index is 750. The molecule has 1 aromatic rings. The molecule has 2 unspecified atom stereocenters. The van der Waals surface area contributed by atoms with Crippen molar-refractivity contribution in [3.05, 3.63) is 42.0 Å². The first-order valence-electron chi connectivity index (χ1n) is 10.8. The van der Waals surface area contributed by atoms with E-state index in [1.54, 1.807) is 0 Å². The molecule has 2 aliphatic carbocycles. The molecule has 0 amide bonds. The lowest BCUT2D eigenvalue weighted by Crippen LogP contribution is -2.47. The zero-order valence-corrected chi connectivity index (χ0v) is 18.1. The lowest BCUT2D eigenvalue weighted by atomic mass is 9.75. The van der Waals surface area contributed by atoms with Crippen molar-refractivity contribution in [2.24, 2.45) is 11.3 Å². The predicted molar refractivity (Wildman–Crippen MR) is 116 cm³/mol. The molecular formula is C24H34N2O3. The molecule has 29 heavy (non-hydrogen) atoms. The van der Waals surface area contributed by atoms with Gasteiger partial charge in [-0.3, -0.25) is 14.5 Å². The van der Waals surface area contributed by atoms with Crippen LogP contribution in [0.4, 0.5) is 5.69 Å². The number of fused-ring (bicyclic) bond motifs is 2. The van der Waals surface area contributed by atoms with Crippen molar-refractivity contribution in [3.63, 3.8) is 0 Å². The summed E-state index contributed by atoms with van der Waals surface area (Å²) >= 11 is 0. The second kappa shape index (κ2) is 9.23. The van der Waals surface area contributed by atoms with Crippen molar-refractivity contribution in [1.29, 1.82) is 0 Å². The van der Waals surface area contributed by atoms with E-state index in [0.717, 1.165) is 32.6 Å². The molecule has 5 nitrogen and oxygen atoms in total. The van der Waals surface area contributed by atoms with E-state index in [0.29, 0.717) is 31.8 Å². The van der Waals surface area contributed by atoms with Gasteiger partial charge >= 0.3 is 0 Å². The normalized spacial score (nSPS) is 27.1. The topological polar surface area (TPSA) is 49.9 Å². The molecule has 158 valence electrons. The van der Waals surface area contributed by atoms with E-state index < -0.39 is 5.41 Å². The Morgan fingerprint density at radius 3 is 2.41 bits per heavy atom. The zero-order valence-electron chi connectivity index (χ0n) is 18.1. The highest BCUT2D eigenvalue weighted by molar-refractivity contribution is 6.07. The Balaban J connectivity index is 0.00000117. The van der Waals surface area contributed by atoms with Gasteiger partial charge < -0.3 is 9.64 Å². The van der Waals surface area contributed by atoms with Gasteiger partial charge in [0.05, 0.1) is 18.8 Å². The molecule has 2 atom stereocenters. The molecule has 1 heterocycles. The molecule has 3 aliphatic rings. The van der Waals surface area contributed by atoms with E-state index in [9.17, 15) is 9.59 Å². The number of rotatable bonds is 5. The Morgan fingerprint density at radius 2 is 1.76 bits per heavy atom. The number of nitrogens with zero attached hydrogens (tertiary/aromatic N) is 2. The first-order chi connectivity index (χ1) is 14.0. The van der Waals surface area contributed by atoms with Crippen molar-refractivity contribution >= 4 is 17.3 Å². The van der Waals surface area contributed by atoms with E-state index in [1.807, 2.05) is 13.8 Å². The molecule has 2 saturated carbocycles. The number of hydrogen-bond acceptors (Lipinski definition) is 5. The summed E-state index contributed by atoms with van der Waals surface area (Å²) in [5, 5.41) is 0. The maximum Gasteiger partial charge on any atom is 0.167 e. The number of ketones is 2. The lowest BCUT2D eigenvalue weighted by molar-refractivity contribution is -0.136. The molecule has 0 aromatic heterocycles. The van der Waals surface area contributed by atoms with Crippen LogP contribution in [0.15, 0.2) is 36.4 Å². The Labute approximate surface area is 174 Å². The van der Waals surface area contributed by atoms with Crippen LogP contribution in [-0.4, -0.2) is 56.0 Å². The number of Topliss-reactive ketones (excluding diaryl/α,β-unsaturated/α-hetero) is 2. The van der Waals surface area contributed by atoms with E-state index in [1.165, 1.54) is 11.3 Å². The summed E-state index contributed by atoms with van der Waals surface area (Å²) in [7, 11) is 0. The van der Waals surface area contributed by atoms with Gasteiger partial charge in [0.15, 0.2) is 5.78 Å². The lowest BCUT2D eigenvalue weighted by Gasteiger charge is -2.37. The molecule has 0 N–H and O–H groups in total. The minimum Gasteiger partial charge on any atom is -0.369 e. The summed E-state index contributed by atoms with van der Waals surface area (Å²) in [4.78, 5) is 29.3. The number of anilines is 1. The van der Waals surface area contributed by atoms with Gasteiger partial charge in [0.1, 0.15) is 5.78 Å². The fourth-order valence-electron chi connectivity index (χ4n) is 4.72. The number of hydrogen-bond donors (Lipinski definition) is 0. The second-order valence-corrected chi connectivity index (χ2v) is 8.37. The highest BCUT2D eigenvalue weighted by Crippen LogP contribution is 2.50. The highest BCUT2D eigenvalue weighted by atomic mass is 16.5. The summed E-state index contributed by atoms with van der Waals surface area (Å²) in [6.07, 6.45) is 1.54. The summed E-state index contributed by atoms with van der Waals surface area (Å²) in [6.45, 7) is 14.7. The average molecular weight is 399 g/mol. The number of ether oxygens (including phenoxy) is 1. The molecular weight excluding hydrogens is 364 g/mol. The first-order valence-corrected chi connectivity index (χ1v) is 10.8. The summed E-state index contributed by atoms with van der Waals surface area (Å²) in [5.74, 6) is 0.275. The molecule has 1 saturated heterocycles. The van der Waals surface area contributed by atoms with Crippen LogP contribution in [0.2, 0.25) is 0 Å². The zero-order chi connectivity index (χ0) is 21.0. The van der Waals surface area contributed by atoms with E-state index >= 15 is 0 Å². The van der Waals surface area contributed by atoms with Crippen molar-refractivity contribution in [1.82, 2.24) is 4.90 Å². The van der Waals surface area contributed by atoms with Gasteiger partial charge in [-0.2, -0.15) is 0 Å². The molecule has 3 fully saturated rings. The van der Waals surface area contributed by atoms with Gasteiger partial charge in [-0.05, 0) is 37.0 Å². The Kier molecular flexibility index (Phi) is 6.91. The second-order valence-electron chi connectivity index (χ2n) is 8.37. The largest absolute Gasteiger partial charge is 0.369 e. The molecule has 5 heteroatoms. The van der Waals surface area contributed by atoms with Crippen molar-refractivity contribution in [3.8, 4) is 0 Å². The van der Waals surface area contributed by atoms with Crippen LogP contribution in [-0.2, 0) is 14.3 Å². The minimum absolute atomic E-state index is 0.0420. The number of benzene rings is 1. The fourth-order valence-corrected chi connectivity index (χ4v) is 4.72. The molecule has 1 aliphatic heterocycles. The third-order valence-corrected chi connectivity index (χ3v) is 6.34. The molecule has 0 spiro atoms. The molecule has 1 aromatic carbocycles. The number of piperazine rings is 1. The van der Waals surface area contributed by atoms with Gasteiger partial charge in [0.25, 0.3) is 0 Å². The summed E-state index contributed by atoms with van der Waals surface area (Å²) < 4.78 is 5.95. The Morgan fingerprint density at radius 1 is 1.10 bits per heavy atom. The number of allylic oxidation sites excluding steroid dienone is 1. The van der Waals surface area contributed by atoms with Gasteiger partial charge in [-0.1, -0.05) is 38.1 Å². The SMILES string of the molecule is C=C1C(=O)C2(COCN3CCN(c4ccc(C)cc4)CC3)CC(=O)CC1C2.CC. The highest BCUT2D eigenvalue weighted by Gasteiger charge is 2.54. The Hall–Kier alpha value is -1.98. The van der Waals surface area contributed by atoms with Crippen LogP contribution < -0.4 is 4.90 Å². The van der Waals surface area contributed by atoms with Gasteiger partial charge in [-0.25, -0.2) is 0 Å². The first kappa shape index (κ1) is 21.7. The van der Waals surface area contributed by atoms with Crippen LogP contribution in [0.25, 0.3) is 0 Å². The van der Waals surface area contributed by atoms with Crippen LogP contribution >= 0.6 is 0 Å². The molecule has 4 rings (SSSR count). The standard InChI is InChI=1S/C22H28N2O3.C2H6/c1-16-3-5-19(6-4-16)24-9-7-23(8-10-24)15-27-14-22-12-18(11-20(25)13-22)17(2)21(22)26;1-2/h3-6,18H,2,7-15H2,1H3;1-2H3. The van der Waals surface area contributed by atoms with E-state index in [-0.39, 0.29) is 17.5 Å². The van der Waals surface area contributed by atoms with Crippen molar-refractivity contribution in [2.45, 2.75) is 40.0 Å². The smallest absolute Gasteiger partial charge is 0.167 e. The van der Waals surface area contributed by atoms with Crippen LogP contribution in [0.1, 0.15) is 38.7 Å². The van der Waals surface area contributed by atoms with Crippen LogP contribution in [0, 0.1) is 18.3 Å². The molecule has 0 radical (unpaired) electrons. The average Bonchev–Trinajstić information content (AvgIpc) is 2.91. The van der Waals surface area contributed by atoms with Crippen molar-refractivity contribution in [2.75, 3.05) is 44.4 Å². The third kappa shape index (κ3) is 4.62. The van der Waals surface area contributed by atoms with E-state index in [4.69, 9.17) is 4.74 Å². The molecule has 2 bridgehead atoms. The predicted octanol–water partition coefficient (Wildman–Crippen LogP) is 3.61. The number of carbonyl (C=O) groups excluding carboxylic acids is 2. The maximum atomic E-state index is 12.6. The van der Waals surface area contributed by atoms with Crippen LogP contribution in [0.3, 0.4) is 0 Å². The minimum atomic E-state index is -0.638. The van der Waals surface area contributed by atoms with E-state index in [2.05, 4.69) is 47.6 Å². The summed E-state index contributed by atoms with van der Waals surface area (Å²) in [5.41, 5.74) is 2.54. The van der Waals surface area contributed by atoms with Gasteiger partial charge in [-0.15, -0.1) is 0 Å². The number of aryl methyl sites for hydroxylation is 1. The maximum absolute atomic E-state index is 12.6. The summed E-state index contributed by atoms with van der Waals surface area (Å²) in [6, 6.07) is 8.65. The number of carbonyl (C=O) groups is 2. The van der Waals surface area contributed by atoms with Crippen LogP contribution in [0.5, 0.6) is 0 Å². The van der Waals surface area contributed by atoms with Gasteiger partial charge in [0.2, 0.25) is 0 Å².